The van der Waals surface area contributed by atoms with Crippen molar-refractivity contribution in [2.75, 3.05) is 43.4 Å². The first kappa shape index (κ1) is 15.1. The Morgan fingerprint density at radius 2 is 1.95 bits per heavy atom. The average molecular weight is 304 g/mol. The van der Waals surface area contributed by atoms with Gasteiger partial charge in [-0.15, -0.1) is 0 Å². The molecule has 2 saturated heterocycles. The second-order valence-electron chi connectivity index (χ2n) is 6.13. The van der Waals surface area contributed by atoms with Crippen LogP contribution < -0.4 is 21.7 Å². The van der Waals surface area contributed by atoms with Gasteiger partial charge in [0.05, 0.1) is 6.61 Å². The molecule has 6 heteroatoms. The van der Waals surface area contributed by atoms with E-state index in [9.17, 15) is 4.79 Å². The molecule has 0 spiro atoms. The number of nitrogens with one attached hydrogen (secondary N) is 1. The van der Waals surface area contributed by atoms with Crippen LogP contribution >= 0.6 is 0 Å². The van der Waals surface area contributed by atoms with Crippen LogP contribution in [0.2, 0.25) is 0 Å². The number of carbonyl (C=O) groups is 1. The van der Waals surface area contributed by atoms with Gasteiger partial charge in [0.1, 0.15) is 0 Å². The first-order valence-corrected chi connectivity index (χ1v) is 7.87. The third kappa shape index (κ3) is 2.76. The number of morpholine rings is 1. The van der Waals surface area contributed by atoms with Gasteiger partial charge in [0.15, 0.2) is 5.60 Å². The summed E-state index contributed by atoms with van der Waals surface area (Å²) in [6.07, 6.45) is 1.80. The molecule has 0 aliphatic carbocycles. The number of ether oxygens (including phenoxy) is 1. The second kappa shape index (κ2) is 6.14. The summed E-state index contributed by atoms with van der Waals surface area (Å²) in [6, 6.07) is 7.91. The first-order chi connectivity index (χ1) is 10.6. The van der Waals surface area contributed by atoms with Gasteiger partial charge in [-0.1, -0.05) is 0 Å². The fraction of sp³-hybridized carbons (Fsp3) is 0.562. The number of benzene rings is 1. The van der Waals surface area contributed by atoms with Gasteiger partial charge >= 0.3 is 0 Å². The summed E-state index contributed by atoms with van der Waals surface area (Å²) in [6.45, 7) is 3.63. The number of rotatable bonds is 3. The van der Waals surface area contributed by atoms with E-state index in [4.69, 9.17) is 16.2 Å². The zero-order chi connectivity index (χ0) is 15.6. The van der Waals surface area contributed by atoms with Gasteiger partial charge in [-0.05, 0) is 37.1 Å². The summed E-state index contributed by atoms with van der Waals surface area (Å²) in [5.41, 5.74) is 12.5. The van der Waals surface area contributed by atoms with Crippen molar-refractivity contribution >= 4 is 17.3 Å². The molecule has 0 radical (unpaired) electrons. The molecule has 5 N–H and O–H groups in total. The zero-order valence-corrected chi connectivity index (χ0v) is 12.8. The van der Waals surface area contributed by atoms with Crippen LogP contribution in [-0.4, -0.2) is 44.3 Å². The molecule has 2 aliphatic heterocycles. The van der Waals surface area contributed by atoms with Gasteiger partial charge in [-0.25, -0.2) is 0 Å². The smallest absolute Gasteiger partial charge is 0.251 e. The molecule has 2 fully saturated rings. The van der Waals surface area contributed by atoms with E-state index in [2.05, 4.69) is 10.2 Å². The molecule has 1 aromatic rings. The Kier molecular flexibility index (Phi) is 4.22. The van der Waals surface area contributed by atoms with Crippen molar-refractivity contribution in [3.63, 3.8) is 0 Å². The predicted molar refractivity (Wildman–Crippen MR) is 86.5 cm³/mol. The van der Waals surface area contributed by atoms with Crippen LogP contribution in [0.3, 0.4) is 0 Å². The van der Waals surface area contributed by atoms with Gasteiger partial charge < -0.3 is 26.4 Å². The molecule has 22 heavy (non-hydrogen) atoms. The number of carbonyl (C=O) groups excluding carboxylic acids is 1. The number of nitrogen functional groups attached to an aromatic ring is 1. The fourth-order valence-electron chi connectivity index (χ4n) is 3.54. The quantitative estimate of drug-likeness (QED) is 0.700. The lowest BCUT2D eigenvalue weighted by molar-refractivity contribution is -0.158. The van der Waals surface area contributed by atoms with Crippen molar-refractivity contribution in [3.8, 4) is 0 Å². The maximum absolute atomic E-state index is 12.0. The van der Waals surface area contributed by atoms with Crippen LogP contribution in [0.5, 0.6) is 0 Å². The van der Waals surface area contributed by atoms with Gasteiger partial charge in [0.25, 0.3) is 5.91 Å². The van der Waals surface area contributed by atoms with Crippen molar-refractivity contribution in [1.29, 1.82) is 0 Å². The van der Waals surface area contributed by atoms with Gasteiger partial charge in [-0.3, -0.25) is 4.79 Å². The lowest BCUT2D eigenvalue weighted by Gasteiger charge is -2.45. The molecule has 0 aromatic heterocycles. The highest BCUT2D eigenvalue weighted by atomic mass is 16.5. The predicted octanol–water partition coefficient (Wildman–Crippen LogP) is 0.329. The molecular formula is C16H24N4O2. The van der Waals surface area contributed by atoms with Crippen LogP contribution in [0.25, 0.3) is 0 Å². The van der Waals surface area contributed by atoms with Crippen molar-refractivity contribution in [1.82, 2.24) is 5.32 Å². The van der Waals surface area contributed by atoms with E-state index < -0.39 is 5.60 Å². The molecule has 1 amide bonds. The SMILES string of the molecule is NC(=O)C1(C2CCN(c3ccc(N)cc3)CC2)CNCCO1. The Balaban J connectivity index is 1.67. The summed E-state index contributed by atoms with van der Waals surface area (Å²) >= 11 is 0. The van der Waals surface area contributed by atoms with Crippen molar-refractivity contribution in [2.24, 2.45) is 11.7 Å². The lowest BCUT2D eigenvalue weighted by atomic mass is 9.78. The van der Waals surface area contributed by atoms with E-state index >= 15 is 0 Å². The number of anilines is 2. The molecule has 6 nitrogen and oxygen atoms in total. The molecule has 2 heterocycles. The topological polar surface area (TPSA) is 93.6 Å². The maximum atomic E-state index is 12.0. The zero-order valence-electron chi connectivity index (χ0n) is 12.8. The minimum Gasteiger partial charge on any atom is -0.399 e. The van der Waals surface area contributed by atoms with Crippen LogP contribution in [0.1, 0.15) is 12.8 Å². The number of primary amides is 1. The Morgan fingerprint density at radius 1 is 1.27 bits per heavy atom. The number of nitrogens with two attached hydrogens (primary N) is 2. The Bertz CT molecular complexity index is 517. The highest BCUT2D eigenvalue weighted by Crippen LogP contribution is 2.34. The minimum absolute atomic E-state index is 0.169. The molecule has 0 bridgehead atoms. The fourth-order valence-corrected chi connectivity index (χ4v) is 3.54. The van der Waals surface area contributed by atoms with E-state index in [1.807, 2.05) is 24.3 Å². The maximum Gasteiger partial charge on any atom is 0.251 e. The molecular weight excluding hydrogens is 280 g/mol. The van der Waals surface area contributed by atoms with E-state index in [1.165, 1.54) is 5.69 Å². The molecule has 1 atom stereocenters. The first-order valence-electron chi connectivity index (χ1n) is 7.87. The highest BCUT2D eigenvalue weighted by Gasteiger charge is 2.47. The van der Waals surface area contributed by atoms with Crippen molar-refractivity contribution < 1.29 is 9.53 Å². The third-order valence-corrected chi connectivity index (χ3v) is 4.86. The van der Waals surface area contributed by atoms with Gasteiger partial charge in [-0.2, -0.15) is 0 Å². The Labute approximate surface area is 130 Å². The van der Waals surface area contributed by atoms with Crippen LogP contribution in [-0.2, 0) is 9.53 Å². The van der Waals surface area contributed by atoms with Gasteiger partial charge in [0.2, 0.25) is 0 Å². The number of nitrogens with zero attached hydrogens (tertiary/aromatic N) is 1. The van der Waals surface area contributed by atoms with Crippen LogP contribution in [0.4, 0.5) is 11.4 Å². The van der Waals surface area contributed by atoms with E-state index in [1.54, 1.807) is 0 Å². The number of amides is 1. The summed E-state index contributed by atoms with van der Waals surface area (Å²) in [4.78, 5) is 14.3. The summed E-state index contributed by atoms with van der Waals surface area (Å²) in [5.74, 6) is -0.173. The van der Waals surface area contributed by atoms with E-state index in [-0.39, 0.29) is 11.8 Å². The average Bonchev–Trinajstić information content (AvgIpc) is 2.56. The second-order valence-corrected chi connectivity index (χ2v) is 6.13. The molecule has 0 saturated carbocycles. The monoisotopic (exact) mass is 304 g/mol. The summed E-state index contributed by atoms with van der Waals surface area (Å²) in [7, 11) is 0. The van der Waals surface area contributed by atoms with E-state index in [0.717, 1.165) is 38.2 Å². The molecule has 120 valence electrons. The number of hydrogen-bond donors (Lipinski definition) is 3. The molecule has 1 unspecified atom stereocenters. The Hall–Kier alpha value is -1.79. The number of hydrogen-bond acceptors (Lipinski definition) is 5. The molecule has 2 aliphatic rings. The highest BCUT2D eigenvalue weighted by molar-refractivity contribution is 5.84. The molecule has 1 aromatic carbocycles. The Morgan fingerprint density at radius 3 is 2.50 bits per heavy atom. The third-order valence-electron chi connectivity index (χ3n) is 4.86. The summed E-state index contributed by atoms with van der Waals surface area (Å²) < 4.78 is 5.85. The standard InChI is InChI=1S/C16H24N4O2/c17-13-1-3-14(4-2-13)20-8-5-12(6-9-20)16(15(18)21)11-19-7-10-22-16/h1-4,12,19H,5-11,17H2,(H2,18,21). The largest absolute Gasteiger partial charge is 0.399 e. The molecule has 3 rings (SSSR count). The number of piperidine rings is 1. The van der Waals surface area contributed by atoms with Crippen LogP contribution in [0, 0.1) is 5.92 Å². The lowest BCUT2D eigenvalue weighted by Crippen LogP contribution is -2.63. The van der Waals surface area contributed by atoms with Crippen molar-refractivity contribution in [3.05, 3.63) is 24.3 Å². The minimum atomic E-state index is -0.842. The van der Waals surface area contributed by atoms with Crippen molar-refractivity contribution in [2.45, 2.75) is 18.4 Å². The normalized spacial score (nSPS) is 26.8. The van der Waals surface area contributed by atoms with E-state index in [0.29, 0.717) is 13.2 Å². The van der Waals surface area contributed by atoms with Crippen LogP contribution in [0.15, 0.2) is 24.3 Å². The summed E-state index contributed by atoms with van der Waals surface area (Å²) in [5, 5.41) is 3.25. The van der Waals surface area contributed by atoms with Gasteiger partial charge in [0, 0.05) is 43.5 Å².